The standard InChI is InChI=1S/C48H36N2/c1-47(2)39-25-36-34-24-38-32-20-12-14-22-44(32)50(30-17-9-6-10-18-30)46(38)28-42(34)48(3,4)40(36)26-35(39)33-23-37-31-19-11-13-21-43(31)49(45(37)27-41(33)47)29-15-7-5-8-16-29/h5-28H,1-4H3. The molecule has 238 valence electrons. The number of hydrogen-bond donors (Lipinski definition) is 0. The Morgan fingerprint density at radius 2 is 0.660 bits per heavy atom. The third-order valence-electron chi connectivity index (χ3n) is 12.1. The van der Waals surface area contributed by atoms with Crippen LogP contribution >= 0.6 is 0 Å². The Labute approximate surface area is 291 Å². The van der Waals surface area contributed by atoms with Crippen molar-refractivity contribution in [3.8, 4) is 33.6 Å². The number of aromatic nitrogens is 2. The molecule has 7 aromatic carbocycles. The normalized spacial score (nSPS) is 15.1. The minimum Gasteiger partial charge on any atom is -0.309 e. The van der Waals surface area contributed by atoms with E-state index in [4.69, 9.17) is 0 Å². The molecule has 2 aliphatic rings. The van der Waals surface area contributed by atoms with Crippen LogP contribution in [0.25, 0.3) is 77.2 Å². The van der Waals surface area contributed by atoms with E-state index in [1.807, 2.05) is 0 Å². The molecule has 2 nitrogen and oxygen atoms in total. The van der Waals surface area contributed by atoms with E-state index in [1.165, 1.54) is 99.5 Å². The average Bonchev–Trinajstić information content (AvgIpc) is 3.79. The van der Waals surface area contributed by atoms with Gasteiger partial charge in [0.2, 0.25) is 0 Å². The molecular formula is C48H36N2. The van der Waals surface area contributed by atoms with E-state index in [2.05, 4.69) is 182 Å². The second-order valence-corrected chi connectivity index (χ2v) is 15.4. The Kier molecular flexibility index (Phi) is 5.28. The van der Waals surface area contributed by atoms with E-state index >= 15 is 0 Å². The van der Waals surface area contributed by atoms with Gasteiger partial charge in [0.15, 0.2) is 0 Å². The summed E-state index contributed by atoms with van der Waals surface area (Å²) in [7, 11) is 0. The maximum Gasteiger partial charge on any atom is 0.0544 e. The lowest BCUT2D eigenvalue weighted by Crippen LogP contribution is -2.17. The van der Waals surface area contributed by atoms with Gasteiger partial charge in [-0.1, -0.05) is 100 Å². The number of hydrogen-bond acceptors (Lipinski definition) is 0. The second-order valence-electron chi connectivity index (χ2n) is 15.4. The van der Waals surface area contributed by atoms with Gasteiger partial charge in [-0.25, -0.2) is 0 Å². The van der Waals surface area contributed by atoms with Crippen LogP contribution in [0.2, 0.25) is 0 Å². The highest BCUT2D eigenvalue weighted by molar-refractivity contribution is 6.13. The van der Waals surface area contributed by atoms with Gasteiger partial charge in [-0.15, -0.1) is 0 Å². The summed E-state index contributed by atoms with van der Waals surface area (Å²) in [6.07, 6.45) is 0. The van der Waals surface area contributed by atoms with Crippen molar-refractivity contribution in [2.75, 3.05) is 0 Å². The van der Waals surface area contributed by atoms with Gasteiger partial charge in [0.1, 0.15) is 0 Å². The molecule has 0 N–H and O–H groups in total. The lowest BCUT2D eigenvalue weighted by Gasteiger charge is -2.24. The topological polar surface area (TPSA) is 9.86 Å². The Hall–Kier alpha value is -5.86. The summed E-state index contributed by atoms with van der Waals surface area (Å²) < 4.78 is 4.89. The molecule has 0 spiro atoms. The van der Waals surface area contributed by atoms with Crippen molar-refractivity contribution in [1.82, 2.24) is 9.13 Å². The zero-order valence-electron chi connectivity index (χ0n) is 28.8. The molecule has 0 unspecified atom stereocenters. The molecule has 2 aromatic heterocycles. The minimum absolute atomic E-state index is 0.147. The van der Waals surface area contributed by atoms with Crippen LogP contribution in [0, 0.1) is 0 Å². The first-order valence-electron chi connectivity index (χ1n) is 17.8. The van der Waals surface area contributed by atoms with E-state index in [1.54, 1.807) is 0 Å². The summed E-state index contributed by atoms with van der Waals surface area (Å²) in [5, 5.41) is 5.22. The molecule has 11 rings (SSSR count). The molecule has 0 fully saturated rings. The van der Waals surface area contributed by atoms with E-state index in [0.717, 1.165) is 0 Å². The lowest BCUT2D eigenvalue weighted by atomic mass is 9.79. The van der Waals surface area contributed by atoms with Gasteiger partial charge < -0.3 is 9.13 Å². The fraction of sp³-hybridized carbons (Fsp3) is 0.125. The monoisotopic (exact) mass is 640 g/mol. The molecule has 0 radical (unpaired) electrons. The highest BCUT2D eigenvalue weighted by atomic mass is 15.0. The van der Waals surface area contributed by atoms with Gasteiger partial charge in [-0.05, 0) is 117 Å². The Morgan fingerprint density at radius 3 is 1.08 bits per heavy atom. The largest absolute Gasteiger partial charge is 0.309 e. The van der Waals surface area contributed by atoms with Crippen molar-refractivity contribution < 1.29 is 0 Å². The maximum atomic E-state index is 2.55. The zero-order valence-corrected chi connectivity index (χ0v) is 28.8. The summed E-state index contributed by atoms with van der Waals surface area (Å²) in [5.41, 5.74) is 18.3. The number of fused-ring (bicyclic) bond motifs is 12. The summed E-state index contributed by atoms with van der Waals surface area (Å²) in [5.74, 6) is 0. The lowest BCUT2D eigenvalue weighted by molar-refractivity contribution is 0.652. The van der Waals surface area contributed by atoms with Gasteiger partial charge >= 0.3 is 0 Å². The highest BCUT2D eigenvalue weighted by Crippen LogP contribution is 2.57. The molecule has 2 heterocycles. The molecule has 0 bridgehead atoms. The first-order valence-corrected chi connectivity index (χ1v) is 17.8. The van der Waals surface area contributed by atoms with Crippen LogP contribution in [0.15, 0.2) is 146 Å². The van der Waals surface area contributed by atoms with Crippen LogP contribution in [-0.2, 0) is 10.8 Å². The summed E-state index contributed by atoms with van der Waals surface area (Å²) in [6, 6.07) is 54.4. The van der Waals surface area contributed by atoms with E-state index < -0.39 is 0 Å². The maximum absolute atomic E-state index is 2.55. The number of para-hydroxylation sites is 4. The highest BCUT2D eigenvalue weighted by Gasteiger charge is 2.42. The van der Waals surface area contributed by atoms with Crippen LogP contribution in [0.1, 0.15) is 49.9 Å². The zero-order chi connectivity index (χ0) is 33.5. The third kappa shape index (κ3) is 3.43. The van der Waals surface area contributed by atoms with Crippen LogP contribution in [-0.4, -0.2) is 9.13 Å². The van der Waals surface area contributed by atoms with Gasteiger partial charge in [-0.2, -0.15) is 0 Å². The summed E-state index contributed by atoms with van der Waals surface area (Å²) in [6.45, 7) is 9.68. The fourth-order valence-electron chi connectivity index (χ4n) is 9.59. The van der Waals surface area contributed by atoms with Crippen molar-refractivity contribution in [1.29, 1.82) is 0 Å². The number of rotatable bonds is 2. The Balaban J connectivity index is 1.16. The molecule has 9 aromatic rings. The number of nitrogens with zero attached hydrogens (tertiary/aromatic N) is 2. The van der Waals surface area contributed by atoms with Crippen molar-refractivity contribution in [2.45, 2.75) is 38.5 Å². The number of benzene rings is 7. The smallest absolute Gasteiger partial charge is 0.0544 e. The molecular weight excluding hydrogens is 605 g/mol. The van der Waals surface area contributed by atoms with Gasteiger partial charge in [-0.3, -0.25) is 0 Å². The van der Waals surface area contributed by atoms with Crippen LogP contribution in [0.3, 0.4) is 0 Å². The molecule has 0 amide bonds. The predicted octanol–water partition coefficient (Wildman–Crippen LogP) is 12.5. The van der Waals surface area contributed by atoms with E-state index in [0.29, 0.717) is 0 Å². The van der Waals surface area contributed by atoms with Crippen LogP contribution in [0.5, 0.6) is 0 Å². The molecule has 2 heteroatoms. The Bertz CT molecular complexity index is 2700. The predicted molar refractivity (Wildman–Crippen MR) is 210 cm³/mol. The third-order valence-corrected chi connectivity index (χ3v) is 12.1. The molecule has 2 aliphatic carbocycles. The fourth-order valence-corrected chi connectivity index (χ4v) is 9.59. The van der Waals surface area contributed by atoms with Crippen molar-refractivity contribution in [3.05, 3.63) is 168 Å². The first-order chi connectivity index (χ1) is 24.3. The average molecular weight is 641 g/mol. The van der Waals surface area contributed by atoms with Gasteiger partial charge in [0.05, 0.1) is 22.1 Å². The van der Waals surface area contributed by atoms with E-state index in [-0.39, 0.29) is 10.8 Å². The molecule has 0 saturated carbocycles. The molecule has 0 aliphatic heterocycles. The SMILES string of the molecule is CC1(C)c2cc3c(cc2-c2cc4c5ccccc5n(-c5ccccc5)c4cc21)C(C)(C)c1cc2c(cc1-3)c1ccccc1n2-c1ccccc1. The van der Waals surface area contributed by atoms with Crippen LogP contribution in [0.4, 0.5) is 0 Å². The molecule has 0 atom stereocenters. The summed E-state index contributed by atoms with van der Waals surface area (Å²) >= 11 is 0. The van der Waals surface area contributed by atoms with Crippen molar-refractivity contribution >= 4 is 43.6 Å². The second kappa shape index (κ2) is 9.43. The minimum atomic E-state index is -0.147. The first kappa shape index (κ1) is 28.0. The summed E-state index contributed by atoms with van der Waals surface area (Å²) in [4.78, 5) is 0. The molecule has 0 saturated heterocycles. The van der Waals surface area contributed by atoms with Gasteiger partial charge in [0.25, 0.3) is 0 Å². The Morgan fingerprint density at radius 1 is 0.320 bits per heavy atom. The van der Waals surface area contributed by atoms with Gasteiger partial charge in [0, 0.05) is 43.7 Å². The van der Waals surface area contributed by atoms with Crippen LogP contribution < -0.4 is 0 Å². The van der Waals surface area contributed by atoms with E-state index in [9.17, 15) is 0 Å². The van der Waals surface area contributed by atoms with Crippen molar-refractivity contribution in [3.63, 3.8) is 0 Å². The quantitative estimate of drug-likeness (QED) is 0.178. The molecule has 50 heavy (non-hydrogen) atoms. The van der Waals surface area contributed by atoms with Crippen molar-refractivity contribution in [2.24, 2.45) is 0 Å².